The normalized spacial score (nSPS) is 13.5. The lowest BCUT2D eigenvalue weighted by molar-refractivity contribution is -0.116. The first kappa shape index (κ1) is 31.1. The number of thiophene rings is 1. The van der Waals surface area contributed by atoms with Crippen LogP contribution in [0, 0.1) is 11.3 Å². The molecule has 0 radical (unpaired) electrons. The second kappa shape index (κ2) is 13.9. The van der Waals surface area contributed by atoms with Gasteiger partial charge in [0.1, 0.15) is 21.9 Å². The van der Waals surface area contributed by atoms with E-state index in [1.165, 1.54) is 23.1 Å². The summed E-state index contributed by atoms with van der Waals surface area (Å²) in [6, 6.07) is 19.2. The van der Waals surface area contributed by atoms with E-state index in [2.05, 4.69) is 16.7 Å². The van der Waals surface area contributed by atoms with Crippen LogP contribution >= 0.6 is 23.1 Å². The summed E-state index contributed by atoms with van der Waals surface area (Å²) in [7, 11) is 0. The number of rotatable bonds is 9. The molecule has 0 saturated carbocycles. The van der Waals surface area contributed by atoms with E-state index in [0.717, 1.165) is 33.7 Å². The van der Waals surface area contributed by atoms with Crippen molar-refractivity contribution < 1.29 is 19.1 Å². The zero-order valence-electron chi connectivity index (χ0n) is 24.4. The van der Waals surface area contributed by atoms with Crippen molar-refractivity contribution in [1.29, 1.82) is 5.26 Å². The number of fused-ring (bicyclic) bond motifs is 1. The van der Waals surface area contributed by atoms with Gasteiger partial charge in [0.25, 0.3) is 0 Å². The van der Waals surface area contributed by atoms with Crippen molar-refractivity contribution in [1.82, 2.24) is 4.90 Å². The largest absolute Gasteiger partial charge is 0.444 e. The van der Waals surface area contributed by atoms with Crippen molar-refractivity contribution in [3.8, 4) is 6.07 Å². The highest BCUT2D eigenvalue weighted by atomic mass is 32.2. The minimum absolute atomic E-state index is 0.0349. The van der Waals surface area contributed by atoms with Crippen LogP contribution in [0.3, 0.4) is 0 Å². The van der Waals surface area contributed by atoms with Crippen LogP contribution in [-0.2, 0) is 27.3 Å². The summed E-state index contributed by atoms with van der Waals surface area (Å²) in [6.45, 7) is 8.29. The van der Waals surface area contributed by atoms with Crippen molar-refractivity contribution in [2.45, 2.75) is 75.7 Å². The lowest BCUT2D eigenvalue weighted by Gasteiger charge is -2.29. The lowest BCUT2D eigenvalue weighted by Crippen LogP contribution is -2.39. The van der Waals surface area contributed by atoms with E-state index < -0.39 is 16.9 Å². The Morgan fingerprint density at radius 3 is 2.57 bits per heavy atom. The molecule has 4 rings (SSSR count). The Bertz CT molecular complexity index is 1470. The fraction of sp³-hybridized carbons (Fsp3) is 0.375. The van der Waals surface area contributed by atoms with Gasteiger partial charge < -0.3 is 20.3 Å². The maximum Gasteiger partial charge on any atom is 0.410 e. The van der Waals surface area contributed by atoms with Gasteiger partial charge >= 0.3 is 6.09 Å². The van der Waals surface area contributed by atoms with Crippen LogP contribution in [0.4, 0.5) is 15.5 Å². The van der Waals surface area contributed by atoms with Crippen molar-refractivity contribution in [3.63, 3.8) is 0 Å². The molecular weight excluding hydrogens is 569 g/mol. The van der Waals surface area contributed by atoms with Crippen LogP contribution in [-0.4, -0.2) is 35.0 Å². The summed E-state index contributed by atoms with van der Waals surface area (Å²) < 4.78 is 5.53. The van der Waals surface area contributed by atoms with E-state index in [4.69, 9.17) is 4.74 Å². The summed E-state index contributed by atoms with van der Waals surface area (Å²) in [5, 5.41) is 15.8. The Balaban J connectivity index is 1.54. The number of unbranched alkanes of at least 4 members (excludes halogenated alkanes) is 1. The highest BCUT2D eigenvalue weighted by molar-refractivity contribution is 8.00. The third-order valence-corrected chi connectivity index (χ3v) is 8.91. The Morgan fingerprint density at radius 2 is 1.88 bits per heavy atom. The molecule has 0 saturated heterocycles. The number of ether oxygens (including phenoxy) is 1. The second-order valence-electron chi connectivity index (χ2n) is 11.0. The average Bonchev–Trinajstić information content (AvgIpc) is 3.30. The summed E-state index contributed by atoms with van der Waals surface area (Å²) in [5.41, 5.74) is 2.20. The molecule has 2 N–H and O–H groups in total. The number of hydrogen-bond acceptors (Lipinski definition) is 7. The highest BCUT2D eigenvalue weighted by Crippen LogP contribution is 2.41. The number of thioether (sulfide) groups is 1. The van der Waals surface area contributed by atoms with Gasteiger partial charge in [-0.15, -0.1) is 23.1 Å². The van der Waals surface area contributed by atoms with Crippen LogP contribution in [0.15, 0.2) is 59.5 Å². The van der Waals surface area contributed by atoms with E-state index in [1.54, 1.807) is 4.90 Å². The number of benzene rings is 2. The molecule has 2 heterocycles. The SMILES string of the molecule is CCCCC(=O)Nc1cccc(SC(C(=O)Nc2sc3c(c2C#N)CCN(C(=O)OC(C)(C)C)C3)c2ccccc2)c1. The number of nitrogens with one attached hydrogen (secondary N) is 2. The van der Waals surface area contributed by atoms with Gasteiger partial charge in [0.15, 0.2) is 0 Å². The Kier molecular flexibility index (Phi) is 10.3. The van der Waals surface area contributed by atoms with Crippen molar-refractivity contribution in [2.75, 3.05) is 17.2 Å². The summed E-state index contributed by atoms with van der Waals surface area (Å²) >= 11 is 2.70. The molecule has 0 fully saturated rings. The maximum atomic E-state index is 13.8. The molecule has 1 atom stereocenters. The molecule has 3 aromatic rings. The van der Waals surface area contributed by atoms with E-state index in [-0.39, 0.29) is 11.8 Å². The Morgan fingerprint density at radius 1 is 1.12 bits per heavy atom. The first-order chi connectivity index (χ1) is 20.1. The van der Waals surface area contributed by atoms with E-state index >= 15 is 0 Å². The van der Waals surface area contributed by atoms with Crippen LogP contribution < -0.4 is 10.6 Å². The Hall–Kier alpha value is -3.81. The molecule has 10 heteroatoms. The van der Waals surface area contributed by atoms with Crippen LogP contribution in [0.2, 0.25) is 0 Å². The molecule has 8 nitrogen and oxygen atoms in total. The number of amides is 3. The third-order valence-electron chi connectivity index (χ3n) is 6.53. The maximum absolute atomic E-state index is 13.8. The van der Waals surface area contributed by atoms with Gasteiger partial charge in [-0.1, -0.05) is 49.7 Å². The first-order valence-electron chi connectivity index (χ1n) is 14.0. The smallest absolute Gasteiger partial charge is 0.410 e. The van der Waals surface area contributed by atoms with Gasteiger partial charge in [0.05, 0.1) is 12.1 Å². The predicted molar refractivity (Wildman–Crippen MR) is 168 cm³/mol. The minimum Gasteiger partial charge on any atom is -0.444 e. The highest BCUT2D eigenvalue weighted by Gasteiger charge is 2.31. The van der Waals surface area contributed by atoms with Crippen molar-refractivity contribution in [3.05, 3.63) is 76.2 Å². The average molecular weight is 605 g/mol. The molecule has 3 amide bonds. The topological polar surface area (TPSA) is 112 Å². The van der Waals surface area contributed by atoms with Gasteiger partial charge in [-0.25, -0.2) is 4.79 Å². The zero-order chi connectivity index (χ0) is 30.3. The van der Waals surface area contributed by atoms with Crippen LogP contribution in [0.5, 0.6) is 0 Å². The first-order valence-corrected chi connectivity index (χ1v) is 15.7. The molecule has 0 bridgehead atoms. The van der Waals surface area contributed by atoms with Crippen LogP contribution in [0.1, 0.15) is 73.8 Å². The van der Waals surface area contributed by atoms with E-state index in [0.29, 0.717) is 42.2 Å². The van der Waals surface area contributed by atoms with Crippen molar-refractivity contribution in [2.24, 2.45) is 0 Å². The van der Waals surface area contributed by atoms with E-state index in [1.807, 2.05) is 82.3 Å². The predicted octanol–water partition coefficient (Wildman–Crippen LogP) is 7.51. The number of nitriles is 1. The van der Waals surface area contributed by atoms with Gasteiger partial charge in [0.2, 0.25) is 11.8 Å². The molecular formula is C32H36N4O4S2. The summed E-state index contributed by atoms with van der Waals surface area (Å²) in [5.74, 6) is -0.296. The fourth-order valence-electron chi connectivity index (χ4n) is 4.51. The summed E-state index contributed by atoms with van der Waals surface area (Å²) in [4.78, 5) is 42.1. The summed E-state index contributed by atoms with van der Waals surface area (Å²) in [6.07, 6.45) is 2.35. The third kappa shape index (κ3) is 8.14. The van der Waals surface area contributed by atoms with E-state index in [9.17, 15) is 19.6 Å². The fourth-order valence-corrected chi connectivity index (χ4v) is 6.81. The molecule has 0 spiro atoms. The lowest BCUT2D eigenvalue weighted by atomic mass is 10.0. The van der Waals surface area contributed by atoms with Gasteiger partial charge in [-0.3, -0.25) is 9.59 Å². The second-order valence-corrected chi connectivity index (χ2v) is 13.3. The molecule has 1 aliphatic rings. The minimum atomic E-state index is -0.610. The monoisotopic (exact) mass is 604 g/mol. The van der Waals surface area contributed by atoms with Gasteiger partial charge in [-0.05, 0) is 62.9 Å². The molecule has 1 unspecified atom stereocenters. The standard InChI is InChI=1S/C32H36N4O4S2/c1-5-6-15-27(37)34-22-13-10-14-23(18-22)41-28(21-11-8-7-9-12-21)29(38)35-30-25(19-33)24-16-17-36(20-26(24)42-30)31(39)40-32(2,3)4/h7-14,18,28H,5-6,15-17,20H2,1-4H3,(H,34,37)(H,35,38). The molecule has 220 valence electrons. The number of nitrogens with zero attached hydrogens (tertiary/aromatic N) is 2. The quantitative estimate of drug-likeness (QED) is 0.245. The zero-order valence-corrected chi connectivity index (χ0v) is 26.0. The van der Waals surface area contributed by atoms with Crippen LogP contribution in [0.25, 0.3) is 0 Å². The molecule has 1 aliphatic heterocycles. The molecule has 2 aromatic carbocycles. The number of hydrogen-bond donors (Lipinski definition) is 2. The van der Waals surface area contributed by atoms with Gasteiger partial charge in [-0.2, -0.15) is 5.26 Å². The van der Waals surface area contributed by atoms with Crippen molar-refractivity contribution >= 4 is 51.7 Å². The number of carbonyl (C=O) groups is 3. The number of carbonyl (C=O) groups excluding carboxylic acids is 3. The van der Waals surface area contributed by atoms with Gasteiger partial charge in [0, 0.05) is 28.4 Å². The molecule has 0 aliphatic carbocycles. The molecule has 1 aromatic heterocycles. The molecule has 42 heavy (non-hydrogen) atoms. The number of anilines is 2. The Labute approximate surface area is 255 Å².